The van der Waals surface area contributed by atoms with Crippen LogP contribution in [0, 0.1) is 0 Å². The summed E-state index contributed by atoms with van der Waals surface area (Å²) >= 11 is 3.17. The zero-order chi connectivity index (χ0) is 12.0. The third-order valence-electron chi connectivity index (χ3n) is 2.01. The van der Waals surface area contributed by atoms with Crippen LogP contribution in [0.15, 0.2) is 15.6 Å². The number of methoxy groups -OCH3 is 1. The molecule has 0 aromatic carbocycles. The number of nitrogens with one attached hydrogen (secondary N) is 1. The first-order valence-corrected chi connectivity index (χ1v) is 5.58. The summed E-state index contributed by atoms with van der Waals surface area (Å²) in [5, 5.41) is 8.95. The minimum atomic E-state index is -0.245. The van der Waals surface area contributed by atoms with Crippen LogP contribution in [0.1, 0.15) is 0 Å². The van der Waals surface area contributed by atoms with Gasteiger partial charge in [0.15, 0.2) is 0 Å². The average molecular weight is 292 g/mol. The number of aliphatic hydroxyl groups is 1. The van der Waals surface area contributed by atoms with Crippen LogP contribution in [0.5, 0.6) is 0 Å². The normalized spacial score (nSPS) is 10.4. The van der Waals surface area contributed by atoms with Crippen molar-refractivity contribution in [2.45, 2.75) is 0 Å². The van der Waals surface area contributed by atoms with Crippen LogP contribution in [-0.4, -0.2) is 48.5 Å². The highest BCUT2D eigenvalue weighted by Crippen LogP contribution is 2.18. The van der Waals surface area contributed by atoms with E-state index in [0.29, 0.717) is 30.0 Å². The first-order chi connectivity index (χ1) is 7.70. The van der Waals surface area contributed by atoms with Gasteiger partial charge in [-0.15, -0.1) is 0 Å². The van der Waals surface area contributed by atoms with Gasteiger partial charge in [0.1, 0.15) is 10.3 Å². The Labute approximate surface area is 101 Å². The maximum atomic E-state index is 11.4. The fourth-order valence-electron chi connectivity index (χ4n) is 1.24. The van der Waals surface area contributed by atoms with Crippen molar-refractivity contribution in [2.75, 3.05) is 38.3 Å². The lowest BCUT2D eigenvalue weighted by Crippen LogP contribution is -2.32. The maximum Gasteiger partial charge on any atom is 0.267 e. The van der Waals surface area contributed by atoms with Crippen LogP contribution in [0.3, 0.4) is 0 Å². The van der Waals surface area contributed by atoms with Gasteiger partial charge >= 0.3 is 0 Å². The van der Waals surface area contributed by atoms with Gasteiger partial charge in [0.2, 0.25) is 0 Å². The quantitative estimate of drug-likeness (QED) is 0.770. The molecule has 0 aliphatic rings. The Morgan fingerprint density at radius 2 is 2.38 bits per heavy atom. The molecule has 90 valence electrons. The molecule has 0 saturated heterocycles. The maximum absolute atomic E-state index is 11.4. The number of aromatic amines is 1. The molecular weight excluding hydrogens is 278 g/mol. The Balaban J connectivity index is 2.91. The number of nitrogens with zero attached hydrogens (tertiary/aromatic N) is 2. The topological polar surface area (TPSA) is 78.5 Å². The van der Waals surface area contributed by atoms with Crippen molar-refractivity contribution in [3.8, 4) is 0 Å². The van der Waals surface area contributed by atoms with Gasteiger partial charge in [0, 0.05) is 20.2 Å². The summed E-state index contributed by atoms with van der Waals surface area (Å²) in [7, 11) is 1.59. The molecule has 0 radical (unpaired) electrons. The van der Waals surface area contributed by atoms with Gasteiger partial charge in [-0.25, -0.2) is 4.98 Å². The van der Waals surface area contributed by atoms with E-state index in [9.17, 15) is 4.79 Å². The predicted octanol–water partition coefficient (Wildman–Crippen LogP) is -0.0225. The third kappa shape index (κ3) is 3.29. The molecule has 0 aliphatic heterocycles. The van der Waals surface area contributed by atoms with Crippen LogP contribution in [-0.2, 0) is 4.74 Å². The Morgan fingerprint density at radius 1 is 1.62 bits per heavy atom. The molecule has 16 heavy (non-hydrogen) atoms. The first kappa shape index (κ1) is 13.1. The SMILES string of the molecule is COCCN(CCO)c1nc[nH]c(=O)c1Br. The first-order valence-electron chi connectivity index (χ1n) is 4.78. The molecule has 0 atom stereocenters. The smallest absolute Gasteiger partial charge is 0.267 e. The van der Waals surface area contributed by atoms with E-state index in [2.05, 4.69) is 25.9 Å². The molecule has 2 N–H and O–H groups in total. The molecule has 1 aromatic rings. The van der Waals surface area contributed by atoms with Crippen molar-refractivity contribution >= 4 is 21.7 Å². The fourth-order valence-corrected chi connectivity index (χ4v) is 1.71. The van der Waals surface area contributed by atoms with E-state index < -0.39 is 0 Å². The highest BCUT2D eigenvalue weighted by molar-refractivity contribution is 9.10. The second kappa shape index (κ2) is 6.62. The van der Waals surface area contributed by atoms with Crippen molar-refractivity contribution in [3.63, 3.8) is 0 Å². The Hall–Kier alpha value is -0.920. The minimum Gasteiger partial charge on any atom is -0.395 e. The zero-order valence-electron chi connectivity index (χ0n) is 8.94. The van der Waals surface area contributed by atoms with E-state index in [1.165, 1.54) is 6.33 Å². The Morgan fingerprint density at radius 3 is 3.00 bits per heavy atom. The third-order valence-corrected chi connectivity index (χ3v) is 2.73. The van der Waals surface area contributed by atoms with Crippen LogP contribution < -0.4 is 10.5 Å². The molecule has 0 unspecified atom stereocenters. The predicted molar refractivity (Wildman–Crippen MR) is 63.7 cm³/mol. The fraction of sp³-hybridized carbons (Fsp3) is 0.556. The molecule has 6 nitrogen and oxygen atoms in total. The van der Waals surface area contributed by atoms with E-state index in [4.69, 9.17) is 9.84 Å². The van der Waals surface area contributed by atoms with E-state index >= 15 is 0 Å². The van der Waals surface area contributed by atoms with Crippen molar-refractivity contribution in [3.05, 3.63) is 21.2 Å². The van der Waals surface area contributed by atoms with E-state index in [0.717, 1.165) is 0 Å². The summed E-state index contributed by atoms with van der Waals surface area (Å²) in [4.78, 5) is 19.7. The largest absolute Gasteiger partial charge is 0.395 e. The van der Waals surface area contributed by atoms with Crippen LogP contribution in [0.4, 0.5) is 5.82 Å². The summed E-state index contributed by atoms with van der Waals surface area (Å²) in [6.07, 6.45) is 1.33. The number of hydrogen-bond donors (Lipinski definition) is 2. The standard InChI is InChI=1S/C9H14BrN3O3/c1-16-5-3-13(2-4-14)8-7(10)9(15)12-6-11-8/h6,14H,2-5H2,1H3,(H,11,12,15). The van der Waals surface area contributed by atoms with Crippen LogP contribution in [0.25, 0.3) is 0 Å². The van der Waals surface area contributed by atoms with Gasteiger partial charge in [0.05, 0.1) is 19.5 Å². The van der Waals surface area contributed by atoms with Gasteiger partial charge in [-0.05, 0) is 15.9 Å². The summed E-state index contributed by atoms with van der Waals surface area (Å²) in [5.41, 5.74) is -0.245. The molecule has 1 rings (SSSR count). The highest BCUT2D eigenvalue weighted by atomic mass is 79.9. The number of ether oxygens (including phenoxy) is 1. The summed E-state index contributed by atoms with van der Waals surface area (Å²) in [5.74, 6) is 0.509. The summed E-state index contributed by atoms with van der Waals surface area (Å²) < 4.78 is 5.32. The number of aliphatic hydroxyl groups excluding tert-OH is 1. The molecule has 7 heteroatoms. The van der Waals surface area contributed by atoms with Crippen molar-refractivity contribution in [1.82, 2.24) is 9.97 Å². The highest BCUT2D eigenvalue weighted by Gasteiger charge is 2.13. The van der Waals surface area contributed by atoms with Gasteiger partial charge < -0.3 is 19.7 Å². The number of aromatic nitrogens is 2. The van der Waals surface area contributed by atoms with Gasteiger partial charge in [-0.1, -0.05) is 0 Å². The molecule has 0 aliphatic carbocycles. The molecule has 1 heterocycles. The minimum absolute atomic E-state index is 0.00929. The van der Waals surface area contributed by atoms with Gasteiger partial charge in [-0.2, -0.15) is 0 Å². The number of hydrogen-bond acceptors (Lipinski definition) is 5. The monoisotopic (exact) mass is 291 g/mol. The molecule has 0 fully saturated rings. The van der Waals surface area contributed by atoms with Gasteiger partial charge in [0.25, 0.3) is 5.56 Å². The number of rotatable bonds is 6. The molecule has 0 amide bonds. The lowest BCUT2D eigenvalue weighted by Gasteiger charge is -2.22. The summed E-state index contributed by atoms with van der Waals surface area (Å²) in [6, 6.07) is 0. The molecular formula is C9H14BrN3O3. The molecule has 1 aromatic heterocycles. The number of H-pyrrole nitrogens is 1. The van der Waals surface area contributed by atoms with Crippen LogP contribution >= 0.6 is 15.9 Å². The van der Waals surface area contributed by atoms with E-state index in [1.54, 1.807) is 12.0 Å². The lowest BCUT2D eigenvalue weighted by atomic mass is 10.4. The number of anilines is 1. The van der Waals surface area contributed by atoms with Crippen molar-refractivity contribution < 1.29 is 9.84 Å². The second-order valence-corrected chi connectivity index (χ2v) is 3.87. The molecule has 0 spiro atoms. The van der Waals surface area contributed by atoms with Crippen LogP contribution in [0.2, 0.25) is 0 Å². The Kier molecular flexibility index (Phi) is 5.44. The van der Waals surface area contributed by atoms with E-state index in [-0.39, 0.29) is 12.2 Å². The second-order valence-electron chi connectivity index (χ2n) is 3.07. The van der Waals surface area contributed by atoms with Crippen molar-refractivity contribution in [2.24, 2.45) is 0 Å². The average Bonchev–Trinajstić information content (AvgIpc) is 2.28. The number of halogens is 1. The van der Waals surface area contributed by atoms with Gasteiger partial charge in [-0.3, -0.25) is 4.79 Å². The zero-order valence-corrected chi connectivity index (χ0v) is 10.5. The Bertz CT molecular complexity index is 383. The van der Waals surface area contributed by atoms with E-state index in [1.807, 2.05) is 0 Å². The lowest BCUT2D eigenvalue weighted by molar-refractivity contribution is 0.202. The summed E-state index contributed by atoms with van der Waals surface area (Å²) in [6.45, 7) is 1.45. The molecule has 0 saturated carbocycles. The molecule has 0 bridgehead atoms. The van der Waals surface area contributed by atoms with Crippen molar-refractivity contribution in [1.29, 1.82) is 0 Å².